The maximum Gasteiger partial charge on any atom is 0.0672 e. The molecule has 2 heteroatoms. The molecule has 0 saturated heterocycles. The highest BCUT2D eigenvalue weighted by atomic mass is 15.0. The molecule has 5 atom stereocenters. The van der Waals surface area contributed by atoms with E-state index in [1.807, 2.05) is 0 Å². The van der Waals surface area contributed by atoms with E-state index in [2.05, 4.69) is 25.2 Å². The van der Waals surface area contributed by atoms with Gasteiger partial charge in [-0.05, 0) is 37.5 Å². The maximum absolute atomic E-state index is 9.09. The van der Waals surface area contributed by atoms with Gasteiger partial charge in [0.05, 0.1) is 12.0 Å². The Balaban J connectivity index is 1.90. The highest BCUT2D eigenvalue weighted by molar-refractivity contribution is 4.98. The van der Waals surface area contributed by atoms with Crippen molar-refractivity contribution in [1.82, 2.24) is 5.32 Å². The summed E-state index contributed by atoms with van der Waals surface area (Å²) in [6, 6.07) is 3.60. The van der Waals surface area contributed by atoms with Crippen LogP contribution in [0.15, 0.2) is 0 Å². The van der Waals surface area contributed by atoms with Gasteiger partial charge >= 0.3 is 0 Å². The van der Waals surface area contributed by atoms with Crippen LogP contribution in [0.1, 0.15) is 52.4 Å². The summed E-state index contributed by atoms with van der Waals surface area (Å²) < 4.78 is 0. The van der Waals surface area contributed by atoms with Gasteiger partial charge in [0.2, 0.25) is 0 Å². The van der Waals surface area contributed by atoms with E-state index in [0.717, 1.165) is 18.3 Å². The third-order valence-electron chi connectivity index (χ3n) is 4.57. The predicted octanol–water partition coefficient (Wildman–Crippen LogP) is 3.09. The van der Waals surface area contributed by atoms with Crippen molar-refractivity contribution >= 4 is 0 Å². The topological polar surface area (TPSA) is 35.8 Å². The van der Waals surface area contributed by atoms with Crippen LogP contribution in [0.5, 0.6) is 0 Å². The lowest BCUT2D eigenvalue weighted by atomic mass is 9.79. The Morgan fingerprint density at radius 2 is 1.88 bits per heavy atom. The first-order chi connectivity index (χ1) is 7.70. The summed E-state index contributed by atoms with van der Waals surface area (Å²) in [5, 5.41) is 12.9. The highest BCUT2D eigenvalue weighted by Gasteiger charge is 2.32. The van der Waals surface area contributed by atoms with Gasteiger partial charge in [0.25, 0.3) is 0 Å². The molecule has 0 aliphatic heterocycles. The van der Waals surface area contributed by atoms with Crippen molar-refractivity contribution in [3.8, 4) is 6.07 Å². The van der Waals surface area contributed by atoms with Gasteiger partial charge in [-0.3, -0.25) is 0 Å². The molecule has 2 nitrogen and oxygen atoms in total. The van der Waals surface area contributed by atoms with Crippen molar-refractivity contribution in [3.05, 3.63) is 0 Å². The Hall–Kier alpha value is -0.550. The first-order valence-corrected chi connectivity index (χ1v) is 6.86. The molecule has 0 radical (unpaired) electrons. The third-order valence-corrected chi connectivity index (χ3v) is 4.57. The largest absolute Gasteiger partial charge is 0.310 e. The van der Waals surface area contributed by atoms with Crippen LogP contribution in [0.25, 0.3) is 0 Å². The Labute approximate surface area is 99.4 Å². The summed E-state index contributed by atoms with van der Waals surface area (Å²) in [5.74, 6) is 1.91. The molecule has 2 saturated carbocycles. The van der Waals surface area contributed by atoms with Crippen LogP contribution in [0.2, 0.25) is 0 Å². The minimum absolute atomic E-state index is 0.268. The first kappa shape index (κ1) is 11.9. The molecule has 0 aromatic heterocycles. The zero-order valence-electron chi connectivity index (χ0n) is 10.6. The van der Waals surface area contributed by atoms with Gasteiger partial charge in [-0.1, -0.05) is 26.7 Å². The van der Waals surface area contributed by atoms with Crippen molar-refractivity contribution in [2.45, 2.75) is 64.5 Å². The number of hydrogen-bond acceptors (Lipinski definition) is 2. The smallest absolute Gasteiger partial charge is 0.0672 e. The van der Waals surface area contributed by atoms with Gasteiger partial charge in [-0.25, -0.2) is 0 Å². The maximum atomic E-state index is 9.09. The van der Waals surface area contributed by atoms with Crippen LogP contribution in [0.3, 0.4) is 0 Å². The molecular weight excluding hydrogens is 196 g/mol. The van der Waals surface area contributed by atoms with Crippen LogP contribution in [0, 0.1) is 29.1 Å². The summed E-state index contributed by atoms with van der Waals surface area (Å²) in [6.07, 6.45) is 7.57. The lowest BCUT2D eigenvalue weighted by molar-refractivity contribution is 0.207. The van der Waals surface area contributed by atoms with Crippen molar-refractivity contribution in [1.29, 1.82) is 5.26 Å². The standard InChI is InChI=1S/C14H24N2/c1-10-6-7-11(2)14(8-10)16-13-5-3-4-12(13)9-15/h10-14,16H,3-8H2,1-2H3. The quantitative estimate of drug-likeness (QED) is 0.776. The molecule has 0 heterocycles. The van der Waals surface area contributed by atoms with E-state index in [-0.39, 0.29) is 5.92 Å². The summed E-state index contributed by atoms with van der Waals surface area (Å²) in [7, 11) is 0. The van der Waals surface area contributed by atoms with Crippen molar-refractivity contribution in [2.75, 3.05) is 0 Å². The molecule has 0 aromatic carbocycles. The number of hydrogen-bond donors (Lipinski definition) is 1. The molecule has 16 heavy (non-hydrogen) atoms. The number of rotatable bonds is 2. The Morgan fingerprint density at radius 1 is 1.06 bits per heavy atom. The average molecular weight is 220 g/mol. The summed E-state index contributed by atoms with van der Waals surface area (Å²) in [6.45, 7) is 4.72. The van der Waals surface area contributed by atoms with Gasteiger partial charge in [-0.15, -0.1) is 0 Å². The molecular formula is C14H24N2. The van der Waals surface area contributed by atoms with E-state index < -0.39 is 0 Å². The minimum atomic E-state index is 0.268. The molecule has 0 amide bonds. The second kappa shape index (κ2) is 5.19. The highest BCUT2D eigenvalue weighted by Crippen LogP contribution is 2.31. The second-order valence-electron chi connectivity index (χ2n) is 5.94. The van der Waals surface area contributed by atoms with Crippen LogP contribution < -0.4 is 5.32 Å². The first-order valence-electron chi connectivity index (χ1n) is 6.86. The van der Waals surface area contributed by atoms with Gasteiger partial charge in [0.1, 0.15) is 0 Å². The van der Waals surface area contributed by atoms with Crippen molar-refractivity contribution in [3.63, 3.8) is 0 Å². The number of nitrogens with one attached hydrogen (secondary N) is 1. The van der Waals surface area contributed by atoms with Crippen LogP contribution in [0.4, 0.5) is 0 Å². The van der Waals surface area contributed by atoms with E-state index in [1.165, 1.54) is 32.1 Å². The van der Waals surface area contributed by atoms with E-state index in [0.29, 0.717) is 12.1 Å². The van der Waals surface area contributed by atoms with E-state index >= 15 is 0 Å². The fraction of sp³-hybridized carbons (Fsp3) is 0.929. The lowest BCUT2D eigenvalue weighted by Gasteiger charge is -2.36. The van der Waals surface area contributed by atoms with Gasteiger partial charge in [0.15, 0.2) is 0 Å². The molecule has 0 spiro atoms. The SMILES string of the molecule is CC1CCC(C)C(NC2CCCC2C#N)C1. The molecule has 5 unspecified atom stereocenters. The monoisotopic (exact) mass is 220 g/mol. The zero-order chi connectivity index (χ0) is 11.5. The third kappa shape index (κ3) is 2.58. The average Bonchev–Trinajstić information content (AvgIpc) is 2.71. The molecule has 1 N–H and O–H groups in total. The van der Waals surface area contributed by atoms with Crippen LogP contribution in [-0.4, -0.2) is 12.1 Å². The Kier molecular flexibility index (Phi) is 3.86. The lowest BCUT2D eigenvalue weighted by Crippen LogP contribution is -2.46. The fourth-order valence-corrected chi connectivity index (χ4v) is 3.35. The normalized spacial score (nSPS) is 44.2. The van der Waals surface area contributed by atoms with E-state index in [4.69, 9.17) is 5.26 Å². The molecule has 0 bridgehead atoms. The molecule has 2 aliphatic rings. The fourth-order valence-electron chi connectivity index (χ4n) is 3.35. The van der Waals surface area contributed by atoms with E-state index in [1.54, 1.807) is 0 Å². The summed E-state index contributed by atoms with van der Waals surface area (Å²) in [5.41, 5.74) is 0. The number of nitrogens with zero attached hydrogens (tertiary/aromatic N) is 1. The molecule has 2 fully saturated rings. The molecule has 0 aromatic rings. The Bertz CT molecular complexity index is 268. The zero-order valence-corrected chi connectivity index (χ0v) is 10.6. The predicted molar refractivity (Wildman–Crippen MR) is 65.8 cm³/mol. The van der Waals surface area contributed by atoms with Crippen molar-refractivity contribution < 1.29 is 0 Å². The Morgan fingerprint density at radius 3 is 2.62 bits per heavy atom. The summed E-state index contributed by atoms with van der Waals surface area (Å²) in [4.78, 5) is 0. The molecule has 2 aliphatic carbocycles. The number of nitriles is 1. The van der Waals surface area contributed by atoms with Gasteiger partial charge in [-0.2, -0.15) is 5.26 Å². The van der Waals surface area contributed by atoms with Gasteiger partial charge in [0, 0.05) is 12.1 Å². The second-order valence-corrected chi connectivity index (χ2v) is 5.94. The molecule has 90 valence electrons. The van der Waals surface area contributed by atoms with Gasteiger partial charge < -0.3 is 5.32 Å². The van der Waals surface area contributed by atoms with Crippen LogP contribution >= 0.6 is 0 Å². The summed E-state index contributed by atoms with van der Waals surface area (Å²) >= 11 is 0. The molecule has 2 rings (SSSR count). The van der Waals surface area contributed by atoms with E-state index in [9.17, 15) is 0 Å². The van der Waals surface area contributed by atoms with Crippen molar-refractivity contribution in [2.24, 2.45) is 17.8 Å². The minimum Gasteiger partial charge on any atom is -0.310 e. The van der Waals surface area contributed by atoms with Crippen LogP contribution in [-0.2, 0) is 0 Å².